The molecule has 2 aromatic carbocycles. The molecule has 2 rings (SSSR count). The van der Waals surface area contributed by atoms with Gasteiger partial charge in [-0.05, 0) is 23.6 Å². The highest BCUT2D eigenvalue weighted by molar-refractivity contribution is 7.87. The van der Waals surface area contributed by atoms with E-state index in [-0.39, 0.29) is 16.5 Å². The van der Waals surface area contributed by atoms with Crippen LogP contribution in [-0.4, -0.2) is 42.3 Å². The Labute approximate surface area is 138 Å². The van der Waals surface area contributed by atoms with E-state index in [0.717, 1.165) is 18.4 Å². The van der Waals surface area contributed by atoms with Crippen LogP contribution in [0.2, 0.25) is 0 Å². The maximum absolute atomic E-state index is 11.7. The summed E-state index contributed by atoms with van der Waals surface area (Å²) in [6, 6.07) is 6.05. The topological polar surface area (TPSA) is 141 Å². The summed E-state index contributed by atoms with van der Waals surface area (Å²) in [5.41, 5.74) is 0. The molecular formula is C12H12O9S3. The quantitative estimate of drug-likeness (QED) is 0.572. The zero-order valence-electron chi connectivity index (χ0n) is 12.3. The first kappa shape index (κ1) is 18.4. The summed E-state index contributed by atoms with van der Waals surface area (Å²) in [6.45, 7) is 0. The van der Waals surface area contributed by atoms with E-state index in [9.17, 15) is 29.8 Å². The number of fused-ring (bicyclic) bond motifs is 1. The van der Waals surface area contributed by atoms with E-state index in [1.54, 1.807) is 0 Å². The van der Waals surface area contributed by atoms with Crippen LogP contribution in [0.1, 0.15) is 0 Å². The molecule has 0 bridgehead atoms. The molecule has 0 aliphatic rings. The van der Waals surface area contributed by atoms with Gasteiger partial charge in [-0.1, -0.05) is 12.1 Å². The second kappa shape index (κ2) is 5.88. The fourth-order valence-electron chi connectivity index (χ4n) is 1.97. The average Bonchev–Trinajstić information content (AvgIpc) is 2.32. The molecule has 0 radical (unpaired) electrons. The van der Waals surface area contributed by atoms with Crippen LogP contribution < -0.4 is 8.37 Å². The number of rotatable bonds is 5. The summed E-state index contributed by atoms with van der Waals surface area (Å²) >= 11 is 0. The van der Waals surface area contributed by atoms with E-state index in [2.05, 4.69) is 8.37 Å². The van der Waals surface area contributed by atoms with E-state index in [1.165, 1.54) is 18.2 Å². The molecule has 0 amide bonds. The lowest BCUT2D eigenvalue weighted by Crippen LogP contribution is -2.10. The number of benzene rings is 2. The standard InChI is InChI=1S/C12H12O9S3/c1-22(13,14)20-9-5-3-8-4-6-11(21-23(2,15)16)12(10(8)7-9)24(17,18)19/h3-7H,1-2H3,(H,17,18,19). The zero-order valence-corrected chi connectivity index (χ0v) is 14.8. The molecule has 24 heavy (non-hydrogen) atoms. The van der Waals surface area contributed by atoms with Crippen LogP contribution in [0.25, 0.3) is 10.8 Å². The van der Waals surface area contributed by atoms with Gasteiger partial charge in [-0.25, -0.2) is 0 Å². The monoisotopic (exact) mass is 396 g/mol. The van der Waals surface area contributed by atoms with Crippen molar-refractivity contribution in [2.75, 3.05) is 12.5 Å². The molecule has 2 aromatic rings. The van der Waals surface area contributed by atoms with Gasteiger partial charge in [0.15, 0.2) is 5.75 Å². The molecule has 132 valence electrons. The molecule has 0 spiro atoms. The average molecular weight is 396 g/mol. The van der Waals surface area contributed by atoms with Gasteiger partial charge in [0, 0.05) is 5.39 Å². The summed E-state index contributed by atoms with van der Waals surface area (Å²) in [7, 11) is -12.8. The number of hydrogen-bond donors (Lipinski definition) is 1. The Bertz CT molecular complexity index is 1110. The largest absolute Gasteiger partial charge is 0.383 e. The van der Waals surface area contributed by atoms with Crippen LogP contribution in [0, 0.1) is 0 Å². The van der Waals surface area contributed by atoms with E-state index < -0.39 is 41.0 Å². The van der Waals surface area contributed by atoms with Crippen molar-refractivity contribution in [1.29, 1.82) is 0 Å². The lowest BCUT2D eigenvalue weighted by atomic mass is 10.1. The zero-order chi connectivity index (χ0) is 18.3. The minimum atomic E-state index is -4.89. The minimum Gasteiger partial charge on any atom is -0.383 e. The van der Waals surface area contributed by atoms with Crippen molar-refractivity contribution in [3.63, 3.8) is 0 Å². The molecule has 9 nitrogen and oxygen atoms in total. The molecule has 0 fully saturated rings. The van der Waals surface area contributed by atoms with Crippen molar-refractivity contribution in [3.8, 4) is 11.5 Å². The van der Waals surface area contributed by atoms with Crippen LogP contribution in [0.4, 0.5) is 0 Å². The fraction of sp³-hybridized carbons (Fsp3) is 0.167. The first-order chi connectivity index (χ1) is 10.8. The van der Waals surface area contributed by atoms with Crippen molar-refractivity contribution in [3.05, 3.63) is 30.3 Å². The smallest absolute Gasteiger partial charge is 0.306 e. The number of hydrogen-bond acceptors (Lipinski definition) is 8. The van der Waals surface area contributed by atoms with E-state index in [0.29, 0.717) is 6.26 Å². The Morgan fingerprint density at radius 3 is 1.88 bits per heavy atom. The van der Waals surface area contributed by atoms with Crippen LogP contribution in [0.15, 0.2) is 35.2 Å². The van der Waals surface area contributed by atoms with Gasteiger partial charge in [0.2, 0.25) is 0 Å². The van der Waals surface area contributed by atoms with Crippen molar-refractivity contribution in [2.45, 2.75) is 4.90 Å². The fourth-order valence-corrected chi connectivity index (χ4v) is 3.76. The second-order valence-electron chi connectivity index (χ2n) is 4.83. The lowest BCUT2D eigenvalue weighted by molar-refractivity contribution is 0.468. The van der Waals surface area contributed by atoms with Crippen LogP contribution in [0.3, 0.4) is 0 Å². The van der Waals surface area contributed by atoms with Crippen molar-refractivity contribution in [2.24, 2.45) is 0 Å². The Morgan fingerprint density at radius 1 is 0.833 bits per heavy atom. The van der Waals surface area contributed by atoms with Crippen molar-refractivity contribution in [1.82, 2.24) is 0 Å². The molecule has 0 aliphatic carbocycles. The maximum Gasteiger partial charge on any atom is 0.306 e. The van der Waals surface area contributed by atoms with Crippen LogP contribution in [-0.2, 0) is 30.4 Å². The SMILES string of the molecule is CS(=O)(=O)Oc1ccc2ccc(OS(C)(=O)=O)c(S(=O)(=O)O)c2c1. The summed E-state index contributed by atoms with van der Waals surface area (Å²) in [5.74, 6) is -0.838. The Morgan fingerprint density at radius 2 is 1.38 bits per heavy atom. The van der Waals surface area contributed by atoms with Crippen LogP contribution >= 0.6 is 0 Å². The van der Waals surface area contributed by atoms with Gasteiger partial charge in [0.25, 0.3) is 10.1 Å². The maximum atomic E-state index is 11.7. The normalized spacial score (nSPS) is 13.0. The summed E-state index contributed by atoms with van der Waals surface area (Å²) < 4.78 is 86.9. The van der Waals surface area contributed by atoms with Crippen molar-refractivity contribution < 1.29 is 38.2 Å². The highest BCUT2D eigenvalue weighted by Gasteiger charge is 2.24. The highest BCUT2D eigenvalue weighted by atomic mass is 32.2. The minimum absolute atomic E-state index is 0.167. The molecule has 0 saturated heterocycles. The van der Waals surface area contributed by atoms with Gasteiger partial charge in [0.1, 0.15) is 10.6 Å². The van der Waals surface area contributed by atoms with E-state index in [4.69, 9.17) is 0 Å². The summed E-state index contributed by atoms with van der Waals surface area (Å²) in [6.07, 6.45) is 1.50. The highest BCUT2D eigenvalue weighted by Crippen LogP contribution is 2.35. The van der Waals surface area contributed by atoms with Gasteiger partial charge in [-0.3, -0.25) is 4.55 Å². The van der Waals surface area contributed by atoms with Gasteiger partial charge in [-0.15, -0.1) is 0 Å². The molecule has 0 atom stereocenters. The molecule has 1 N–H and O–H groups in total. The molecular weight excluding hydrogens is 384 g/mol. The van der Waals surface area contributed by atoms with E-state index in [1.807, 2.05) is 0 Å². The lowest BCUT2D eigenvalue weighted by Gasteiger charge is -2.11. The molecule has 0 saturated carbocycles. The molecule has 0 unspecified atom stereocenters. The van der Waals surface area contributed by atoms with Crippen molar-refractivity contribution >= 4 is 41.1 Å². The third-order valence-corrected chi connectivity index (χ3v) is 4.57. The first-order valence-corrected chi connectivity index (χ1v) is 11.2. The van der Waals surface area contributed by atoms with Gasteiger partial charge in [0.05, 0.1) is 12.5 Å². The van der Waals surface area contributed by atoms with Gasteiger partial charge < -0.3 is 8.37 Å². The Kier molecular flexibility index (Phi) is 4.52. The molecule has 12 heteroatoms. The third-order valence-electron chi connectivity index (χ3n) is 2.65. The van der Waals surface area contributed by atoms with Gasteiger partial charge >= 0.3 is 20.2 Å². The molecule has 0 heterocycles. The first-order valence-electron chi connectivity index (χ1n) is 6.09. The predicted octanol–water partition coefficient (Wildman–Crippen LogP) is 0.763. The molecule has 0 aliphatic heterocycles. The molecule has 0 aromatic heterocycles. The Hall–Kier alpha value is -1.89. The predicted molar refractivity (Wildman–Crippen MR) is 84.7 cm³/mol. The summed E-state index contributed by atoms with van der Waals surface area (Å²) in [4.78, 5) is -0.815. The second-order valence-corrected chi connectivity index (χ2v) is 9.33. The van der Waals surface area contributed by atoms with E-state index >= 15 is 0 Å². The third kappa shape index (κ3) is 4.56. The van der Waals surface area contributed by atoms with Crippen LogP contribution in [0.5, 0.6) is 11.5 Å². The summed E-state index contributed by atoms with van der Waals surface area (Å²) in [5, 5.41) is 0.115. The van der Waals surface area contributed by atoms with Gasteiger partial charge in [-0.2, -0.15) is 25.3 Å². The Balaban J connectivity index is 2.82.